The second-order valence-corrected chi connectivity index (χ2v) is 5.50. The van der Waals surface area contributed by atoms with Crippen LogP contribution < -0.4 is 5.32 Å². The number of H-pyrrole nitrogens is 1. The minimum Gasteiger partial charge on any atom is -0.351 e. The minimum atomic E-state index is -0.190. The van der Waals surface area contributed by atoms with E-state index in [4.69, 9.17) is 11.6 Å². The molecule has 19 heavy (non-hydrogen) atoms. The van der Waals surface area contributed by atoms with Gasteiger partial charge in [-0.25, -0.2) is 0 Å². The maximum absolute atomic E-state index is 11.9. The zero-order valence-electron chi connectivity index (χ0n) is 10.9. The fourth-order valence-corrected chi connectivity index (χ4v) is 1.98. The molecule has 2 N–H and O–H groups in total. The smallest absolute Gasteiger partial charge is 0.254 e. The van der Waals surface area contributed by atoms with Gasteiger partial charge in [-0.1, -0.05) is 37.6 Å². The Balaban J connectivity index is 2.03. The van der Waals surface area contributed by atoms with E-state index >= 15 is 0 Å². The maximum atomic E-state index is 11.9. The van der Waals surface area contributed by atoms with Gasteiger partial charge in [0.15, 0.2) is 0 Å². The number of carbonyl (C=O) groups excluding carboxylic acids is 1. The topological polar surface area (TPSA) is 57.8 Å². The van der Waals surface area contributed by atoms with Crippen LogP contribution in [0.1, 0.15) is 29.8 Å². The largest absolute Gasteiger partial charge is 0.351 e. The molecule has 0 radical (unpaired) electrons. The summed E-state index contributed by atoms with van der Waals surface area (Å²) in [6.07, 6.45) is 3.07. The van der Waals surface area contributed by atoms with Crippen LogP contribution in [0, 0.1) is 0 Å². The highest BCUT2D eigenvalue weighted by atomic mass is 35.5. The number of aromatic nitrogens is 2. The molecule has 2 rings (SSSR count). The molecule has 0 spiro atoms. The number of aromatic amines is 1. The van der Waals surface area contributed by atoms with Gasteiger partial charge in [0, 0.05) is 23.2 Å². The molecule has 100 valence electrons. The molecular formula is C14H16ClN3O. The Labute approximate surface area is 117 Å². The monoisotopic (exact) mass is 277 g/mol. The van der Waals surface area contributed by atoms with Crippen molar-refractivity contribution in [2.24, 2.45) is 0 Å². The van der Waals surface area contributed by atoms with Crippen LogP contribution in [0.15, 0.2) is 36.7 Å². The van der Waals surface area contributed by atoms with E-state index in [1.165, 1.54) is 6.20 Å². The highest BCUT2D eigenvalue weighted by Crippen LogP contribution is 2.24. The summed E-state index contributed by atoms with van der Waals surface area (Å²) in [5.41, 5.74) is 1.43. The summed E-state index contributed by atoms with van der Waals surface area (Å²) in [7, 11) is 0. The Morgan fingerprint density at radius 3 is 2.89 bits per heavy atom. The van der Waals surface area contributed by atoms with Gasteiger partial charge in [0.25, 0.3) is 5.91 Å². The molecule has 0 atom stereocenters. The van der Waals surface area contributed by atoms with Gasteiger partial charge in [-0.2, -0.15) is 5.10 Å². The number of nitrogens with zero attached hydrogens (tertiary/aromatic N) is 1. The first-order valence-electron chi connectivity index (χ1n) is 6.02. The molecule has 1 aromatic heterocycles. The predicted octanol–water partition coefficient (Wildman–Crippen LogP) is 2.77. The number of nitrogens with one attached hydrogen (secondary N) is 2. The third-order valence-corrected chi connectivity index (χ3v) is 3.29. The first-order chi connectivity index (χ1) is 8.99. The van der Waals surface area contributed by atoms with E-state index in [0.717, 1.165) is 5.56 Å². The summed E-state index contributed by atoms with van der Waals surface area (Å²) < 4.78 is 0. The van der Waals surface area contributed by atoms with E-state index in [1.807, 2.05) is 24.3 Å². The van der Waals surface area contributed by atoms with E-state index in [2.05, 4.69) is 29.4 Å². The molecule has 0 saturated carbocycles. The van der Waals surface area contributed by atoms with Gasteiger partial charge < -0.3 is 5.32 Å². The van der Waals surface area contributed by atoms with E-state index in [0.29, 0.717) is 17.1 Å². The lowest BCUT2D eigenvalue weighted by atomic mass is 9.84. The maximum Gasteiger partial charge on any atom is 0.254 e. The van der Waals surface area contributed by atoms with E-state index in [1.54, 1.807) is 6.20 Å². The van der Waals surface area contributed by atoms with Crippen molar-refractivity contribution in [3.05, 3.63) is 52.8 Å². The molecule has 5 heteroatoms. The molecule has 0 unspecified atom stereocenters. The van der Waals surface area contributed by atoms with Crippen LogP contribution in [0.4, 0.5) is 0 Å². The minimum absolute atomic E-state index is 0.135. The SMILES string of the molecule is CC(C)(CNC(=O)c1cn[nH]c1)c1cccc(Cl)c1. The van der Waals surface area contributed by atoms with E-state index in [-0.39, 0.29) is 11.3 Å². The fraction of sp³-hybridized carbons (Fsp3) is 0.286. The summed E-state index contributed by atoms with van der Waals surface area (Å²) in [5.74, 6) is -0.135. The van der Waals surface area contributed by atoms with Gasteiger partial charge >= 0.3 is 0 Å². The lowest BCUT2D eigenvalue weighted by Crippen LogP contribution is -2.36. The van der Waals surface area contributed by atoms with Crippen molar-refractivity contribution >= 4 is 17.5 Å². The summed E-state index contributed by atoms with van der Waals surface area (Å²) in [5, 5.41) is 9.97. The van der Waals surface area contributed by atoms with Crippen LogP contribution in [0.5, 0.6) is 0 Å². The summed E-state index contributed by atoms with van der Waals surface area (Å²) in [6, 6.07) is 7.68. The number of rotatable bonds is 4. The number of benzene rings is 1. The van der Waals surface area contributed by atoms with Gasteiger partial charge in [0.1, 0.15) is 0 Å². The second kappa shape index (κ2) is 5.45. The highest BCUT2D eigenvalue weighted by Gasteiger charge is 2.22. The van der Waals surface area contributed by atoms with Gasteiger partial charge in [0.2, 0.25) is 0 Å². The Kier molecular flexibility index (Phi) is 3.90. The van der Waals surface area contributed by atoms with Crippen molar-refractivity contribution in [2.45, 2.75) is 19.3 Å². The van der Waals surface area contributed by atoms with Crippen molar-refractivity contribution in [2.75, 3.05) is 6.54 Å². The molecule has 0 fully saturated rings. The third-order valence-electron chi connectivity index (χ3n) is 3.06. The van der Waals surface area contributed by atoms with Gasteiger partial charge in [-0.3, -0.25) is 9.89 Å². The normalized spacial score (nSPS) is 11.3. The van der Waals surface area contributed by atoms with Crippen LogP contribution in [0.2, 0.25) is 5.02 Å². The fourth-order valence-electron chi connectivity index (χ4n) is 1.79. The second-order valence-electron chi connectivity index (χ2n) is 5.06. The first kappa shape index (κ1) is 13.6. The van der Waals surface area contributed by atoms with Crippen molar-refractivity contribution < 1.29 is 4.79 Å². The van der Waals surface area contributed by atoms with Gasteiger partial charge in [-0.05, 0) is 17.7 Å². The first-order valence-corrected chi connectivity index (χ1v) is 6.40. The summed E-state index contributed by atoms with van der Waals surface area (Å²) in [6.45, 7) is 4.65. The lowest BCUT2D eigenvalue weighted by Gasteiger charge is -2.25. The zero-order valence-corrected chi connectivity index (χ0v) is 11.7. The number of halogens is 1. The quantitative estimate of drug-likeness (QED) is 0.903. The van der Waals surface area contributed by atoms with Crippen molar-refractivity contribution in [3.8, 4) is 0 Å². The van der Waals surface area contributed by atoms with Crippen molar-refractivity contribution in [1.82, 2.24) is 15.5 Å². The molecule has 0 saturated heterocycles. The lowest BCUT2D eigenvalue weighted by molar-refractivity contribution is 0.0946. The van der Waals surface area contributed by atoms with Gasteiger partial charge in [-0.15, -0.1) is 0 Å². The standard InChI is InChI=1S/C14H16ClN3O/c1-14(2,11-4-3-5-12(15)6-11)9-16-13(19)10-7-17-18-8-10/h3-8H,9H2,1-2H3,(H,16,19)(H,17,18). The highest BCUT2D eigenvalue weighted by molar-refractivity contribution is 6.30. The Morgan fingerprint density at radius 2 is 2.26 bits per heavy atom. The molecule has 0 bridgehead atoms. The van der Waals surface area contributed by atoms with Crippen LogP contribution >= 0.6 is 11.6 Å². The van der Waals surface area contributed by atoms with Gasteiger partial charge in [0.05, 0.1) is 11.8 Å². The van der Waals surface area contributed by atoms with Crippen LogP contribution in [-0.4, -0.2) is 22.6 Å². The molecule has 0 aliphatic rings. The Morgan fingerprint density at radius 1 is 1.47 bits per heavy atom. The predicted molar refractivity (Wildman–Crippen MR) is 75.4 cm³/mol. The van der Waals surface area contributed by atoms with Crippen molar-refractivity contribution in [1.29, 1.82) is 0 Å². The molecular weight excluding hydrogens is 262 g/mol. The van der Waals surface area contributed by atoms with Crippen LogP contribution in [0.3, 0.4) is 0 Å². The number of amides is 1. The number of hydrogen-bond acceptors (Lipinski definition) is 2. The molecule has 2 aromatic rings. The summed E-state index contributed by atoms with van der Waals surface area (Å²) in [4.78, 5) is 11.9. The number of hydrogen-bond donors (Lipinski definition) is 2. The van der Waals surface area contributed by atoms with E-state index in [9.17, 15) is 4.79 Å². The third kappa shape index (κ3) is 3.35. The average molecular weight is 278 g/mol. The van der Waals surface area contributed by atoms with Crippen LogP contribution in [-0.2, 0) is 5.41 Å². The Bertz CT molecular complexity index is 564. The average Bonchev–Trinajstić information content (AvgIpc) is 2.90. The van der Waals surface area contributed by atoms with Crippen molar-refractivity contribution in [3.63, 3.8) is 0 Å². The molecule has 1 amide bonds. The molecule has 4 nitrogen and oxygen atoms in total. The molecule has 0 aliphatic heterocycles. The molecule has 1 aromatic carbocycles. The molecule has 1 heterocycles. The zero-order chi connectivity index (χ0) is 13.9. The number of carbonyl (C=O) groups is 1. The molecule has 0 aliphatic carbocycles. The Hall–Kier alpha value is -1.81. The van der Waals surface area contributed by atoms with E-state index < -0.39 is 0 Å². The summed E-state index contributed by atoms with van der Waals surface area (Å²) >= 11 is 6.00. The van der Waals surface area contributed by atoms with Crippen LogP contribution in [0.25, 0.3) is 0 Å².